The zero-order valence-electron chi connectivity index (χ0n) is 18.5. The number of allylic oxidation sites excluding steroid dienone is 3. The van der Waals surface area contributed by atoms with E-state index in [9.17, 15) is 9.59 Å². The second-order valence-electron chi connectivity index (χ2n) is 7.29. The second-order valence-corrected chi connectivity index (χ2v) is 7.29. The Hall–Kier alpha value is -4.32. The van der Waals surface area contributed by atoms with Gasteiger partial charge in [0, 0.05) is 11.6 Å². The molecule has 0 spiro atoms. The van der Waals surface area contributed by atoms with Crippen LogP contribution in [0, 0.1) is 6.92 Å². The SMILES string of the molecule is COc1cc(OC)cc(C(=O)Oc2ccc3c(c2C)O/C(=C\C=C\c2ccccc2)C3=O)c1. The third-order valence-corrected chi connectivity index (χ3v) is 5.16. The summed E-state index contributed by atoms with van der Waals surface area (Å²) in [4.78, 5) is 25.5. The number of ether oxygens (including phenoxy) is 4. The Morgan fingerprint density at radius 3 is 2.30 bits per heavy atom. The Bertz CT molecular complexity index is 1250. The Labute approximate surface area is 191 Å². The highest BCUT2D eigenvalue weighted by atomic mass is 16.5. The predicted octanol–water partition coefficient (Wildman–Crippen LogP) is 5.40. The number of esters is 1. The molecule has 0 fully saturated rings. The van der Waals surface area contributed by atoms with E-state index in [4.69, 9.17) is 18.9 Å². The quantitative estimate of drug-likeness (QED) is 0.289. The molecule has 0 N–H and O–H groups in total. The first kappa shape index (κ1) is 21.9. The van der Waals surface area contributed by atoms with E-state index in [0.717, 1.165) is 5.56 Å². The van der Waals surface area contributed by atoms with E-state index in [1.165, 1.54) is 14.2 Å². The van der Waals surface area contributed by atoms with Gasteiger partial charge in [-0.05, 0) is 42.8 Å². The fraction of sp³-hybridized carbons (Fsp3) is 0.111. The third kappa shape index (κ3) is 4.65. The molecule has 6 nitrogen and oxygen atoms in total. The van der Waals surface area contributed by atoms with Gasteiger partial charge in [0.1, 0.15) is 23.0 Å². The van der Waals surface area contributed by atoms with E-state index < -0.39 is 5.97 Å². The van der Waals surface area contributed by atoms with Crippen molar-refractivity contribution in [2.45, 2.75) is 6.92 Å². The van der Waals surface area contributed by atoms with Crippen molar-refractivity contribution in [3.8, 4) is 23.0 Å². The molecule has 0 saturated carbocycles. The van der Waals surface area contributed by atoms with Crippen LogP contribution in [0.3, 0.4) is 0 Å². The average Bonchev–Trinajstić information content (AvgIpc) is 3.17. The second kappa shape index (κ2) is 9.44. The van der Waals surface area contributed by atoms with Crippen molar-refractivity contribution in [3.63, 3.8) is 0 Å². The average molecular weight is 442 g/mol. The summed E-state index contributed by atoms with van der Waals surface area (Å²) in [6.07, 6.45) is 5.28. The van der Waals surface area contributed by atoms with Gasteiger partial charge in [0.05, 0.1) is 25.3 Å². The molecular formula is C27H22O6. The van der Waals surface area contributed by atoms with Crippen molar-refractivity contribution < 1.29 is 28.5 Å². The molecule has 3 aromatic carbocycles. The maximum atomic E-state index is 12.7. The molecule has 0 saturated heterocycles. The van der Waals surface area contributed by atoms with Gasteiger partial charge in [-0.3, -0.25) is 4.79 Å². The van der Waals surface area contributed by atoms with Gasteiger partial charge in [-0.15, -0.1) is 0 Å². The van der Waals surface area contributed by atoms with Gasteiger partial charge in [0.2, 0.25) is 5.78 Å². The zero-order chi connectivity index (χ0) is 23.4. The smallest absolute Gasteiger partial charge is 0.343 e. The van der Waals surface area contributed by atoms with Crippen LogP contribution < -0.4 is 18.9 Å². The van der Waals surface area contributed by atoms with Gasteiger partial charge >= 0.3 is 5.97 Å². The molecule has 0 amide bonds. The first-order chi connectivity index (χ1) is 16.0. The number of fused-ring (bicyclic) bond motifs is 1. The van der Waals surface area contributed by atoms with E-state index in [-0.39, 0.29) is 17.1 Å². The molecule has 33 heavy (non-hydrogen) atoms. The van der Waals surface area contributed by atoms with Crippen molar-refractivity contribution in [2.75, 3.05) is 14.2 Å². The Balaban J connectivity index is 1.55. The van der Waals surface area contributed by atoms with Crippen LogP contribution in [0.2, 0.25) is 0 Å². The topological polar surface area (TPSA) is 71.1 Å². The number of ketones is 1. The Morgan fingerprint density at radius 1 is 0.939 bits per heavy atom. The fourth-order valence-corrected chi connectivity index (χ4v) is 3.39. The van der Waals surface area contributed by atoms with E-state index in [1.807, 2.05) is 36.4 Å². The molecule has 1 aliphatic rings. The summed E-state index contributed by atoms with van der Waals surface area (Å²) in [7, 11) is 3.01. The van der Waals surface area contributed by atoms with Gasteiger partial charge in [0.15, 0.2) is 5.76 Å². The Morgan fingerprint density at radius 2 is 1.64 bits per heavy atom. The maximum Gasteiger partial charge on any atom is 0.343 e. The molecule has 6 heteroatoms. The van der Waals surface area contributed by atoms with Crippen molar-refractivity contribution in [1.82, 2.24) is 0 Å². The van der Waals surface area contributed by atoms with Gasteiger partial charge < -0.3 is 18.9 Å². The van der Waals surface area contributed by atoms with Gasteiger partial charge in [0.25, 0.3) is 0 Å². The van der Waals surface area contributed by atoms with Crippen molar-refractivity contribution in [1.29, 1.82) is 0 Å². The highest BCUT2D eigenvalue weighted by Gasteiger charge is 2.30. The number of carbonyl (C=O) groups is 2. The van der Waals surface area contributed by atoms with Crippen LogP contribution >= 0.6 is 0 Å². The molecule has 0 radical (unpaired) electrons. The third-order valence-electron chi connectivity index (χ3n) is 5.16. The van der Waals surface area contributed by atoms with Gasteiger partial charge in [-0.1, -0.05) is 42.5 Å². The predicted molar refractivity (Wildman–Crippen MR) is 124 cm³/mol. The number of rotatable bonds is 6. The van der Waals surface area contributed by atoms with Gasteiger partial charge in [-0.2, -0.15) is 0 Å². The molecule has 0 unspecified atom stereocenters. The first-order valence-corrected chi connectivity index (χ1v) is 10.2. The summed E-state index contributed by atoms with van der Waals surface area (Å²) in [5.41, 5.74) is 2.26. The summed E-state index contributed by atoms with van der Waals surface area (Å²) in [5.74, 6) is 1.03. The fourth-order valence-electron chi connectivity index (χ4n) is 3.39. The number of methoxy groups -OCH3 is 2. The lowest BCUT2D eigenvalue weighted by atomic mass is 10.1. The number of carbonyl (C=O) groups excluding carboxylic acids is 2. The molecule has 4 rings (SSSR count). The summed E-state index contributed by atoms with van der Waals surface area (Å²) in [6.45, 7) is 1.74. The number of hydrogen-bond acceptors (Lipinski definition) is 6. The van der Waals surface area contributed by atoms with Crippen molar-refractivity contribution in [3.05, 3.63) is 101 Å². The maximum absolute atomic E-state index is 12.7. The number of benzene rings is 3. The van der Waals surface area contributed by atoms with E-state index in [1.54, 1.807) is 49.4 Å². The van der Waals surface area contributed by atoms with E-state index in [0.29, 0.717) is 34.1 Å². The van der Waals surface area contributed by atoms with Crippen molar-refractivity contribution in [2.24, 2.45) is 0 Å². The zero-order valence-corrected chi connectivity index (χ0v) is 18.5. The lowest BCUT2D eigenvalue weighted by molar-refractivity contribution is 0.0732. The van der Waals surface area contributed by atoms with Crippen molar-refractivity contribution >= 4 is 17.8 Å². The molecule has 0 atom stereocenters. The molecule has 1 heterocycles. The van der Waals surface area contributed by atoms with Crippen LogP contribution in [0.5, 0.6) is 23.0 Å². The minimum absolute atomic E-state index is 0.210. The molecule has 3 aromatic rings. The molecule has 0 aliphatic carbocycles. The minimum Gasteiger partial charge on any atom is -0.497 e. The van der Waals surface area contributed by atoms with E-state index in [2.05, 4.69) is 0 Å². The van der Waals surface area contributed by atoms with Crippen LogP contribution in [0.15, 0.2) is 78.6 Å². The number of hydrogen-bond donors (Lipinski definition) is 0. The largest absolute Gasteiger partial charge is 0.497 e. The van der Waals surface area contributed by atoms with Crippen LogP contribution in [0.25, 0.3) is 6.08 Å². The normalized spacial score (nSPS) is 13.7. The van der Waals surface area contributed by atoms with Crippen LogP contribution in [-0.2, 0) is 0 Å². The van der Waals surface area contributed by atoms with Gasteiger partial charge in [-0.25, -0.2) is 4.79 Å². The van der Waals surface area contributed by atoms with Crippen LogP contribution in [0.1, 0.15) is 31.8 Å². The summed E-state index contributed by atoms with van der Waals surface area (Å²) in [6, 6.07) is 17.7. The highest BCUT2D eigenvalue weighted by molar-refractivity contribution is 6.13. The summed E-state index contributed by atoms with van der Waals surface area (Å²) in [5, 5.41) is 0. The molecule has 1 aliphatic heterocycles. The lowest BCUT2D eigenvalue weighted by Crippen LogP contribution is -2.10. The summed E-state index contributed by atoms with van der Waals surface area (Å²) < 4.78 is 21.8. The molecule has 166 valence electrons. The standard InChI is InChI=1S/C27H22O6/c1-17-23(33-27(29)19-14-20(30-2)16-21(15-19)31-3)13-12-22-25(28)24(32-26(17)22)11-7-10-18-8-5-4-6-9-18/h4-16H,1-3H3/b10-7+,24-11-. The van der Waals surface area contributed by atoms with Crippen LogP contribution in [0.4, 0.5) is 0 Å². The minimum atomic E-state index is -0.582. The highest BCUT2D eigenvalue weighted by Crippen LogP contribution is 2.39. The van der Waals surface area contributed by atoms with Crippen LogP contribution in [-0.4, -0.2) is 26.0 Å². The molecule has 0 aromatic heterocycles. The number of Topliss-reactive ketones (excluding diaryl/α,β-unsaturated/α-hetero) is 1. The summed E-state index contributed by atoms with van der Waals surface area (Å²) >= 11 is 0. The van der Waals surface area contributed by atoms with E-state index >= 15 is 0 Å². The first-order valence-electron chi connectivity index (χ1n) is 10.2. The Kier molecular flexibility index (Phi) is 6.26. The monoisotopic (exact) mass is 442 g/mol. The molecular weight excluding hydrogens is 420 g/mol. The molecule has 0 bridgehead atoms. The lowest BCUT2D eigenvalue weighted by Gasteiger charge is -2.11.